The van der Waals surface area contributed by atoms with Crippen LogP contribution in [0.2, 0.25) is 0 Å². The summed E-state index contributed by atoms with van der Waals surface area (Å²) < 4.78 is 0. The molecule has 2 rings (SSSR count). The van der Waals surface area contributed by atoms with Gasteiger partial charge in [-0.05, 0) is 13.0 Å². The zero-order valence-corrected chi connectivity index (χ0v) is 10.9. The minimum atomic E-state index is -0.846. The molecular formula is C13H11N3O5. The summed E-state index contributed by atoms with van der Waals surface area (Å²) in [5, 5.41) is 22.7. The van der Waals surface area contributed by atoms with Crippen molar-refractivity contribution < 1.29 is 14.8 Å². The first-order valence-corrected chi connectivity index (χ1v) is 5.87. The smallest absolute Gasteiger partial charge is 0.296 e. The van der Waals surface area contributed by atoms with E-state index in [0.717, 1.165) is 6.07 Å². The largest absolute Gasteiger partial charge is 0.505 e. The lowest BCUT2D eigenvalue weighted by molar-refractivity contribution is -0.384. The zero-order valence-electron chi connectivity index (χ0n) is 10.9. The maximum atomic E-state index is 12.0. The zero-order chi connectivity index (χ0) is 15.6. The second kappa shape index (κ2) is 5.45. The van der Waals surface area contributed by atoms with Crippen LogP contribution in [0.1, 0.15) is 16.1 Å². The van der Waals surface area contributed by atoms with E-state index < -0.39 is 27.7 Å². The number of anilines is 1. The van der Waals surface area contributed by atoms with E-state index in [1.165, 1.54) is 24.4 Å². The molecule has 21 heavy (non-hydrogen) atoms. The monoisotopic (exact) mass is 289 g/mol. The molecule has 0 radical (unpaired) electrons. The number of carbonyl (C=O) groups excluding carboxylic acids is 1. The number of aromatic nitrogens is 1. The Labute approximate surface area is 118 Å². The van der Waals surface area contributed by atoms with Crippen LogP contribution in [-0.2, 0) is 0 Å². The van der Waals surface area contributed by atoms with Gasteiger partial charge in [-0.1, -0.05) is 6.07 Å². The summed E-state index contributed by atoms with van der Waals surface area (Å²) in [6.07, 6.45) is 1.21. The van der Waals surface area contributed by atoms with Gasteiger partial charge in [0.2, 0.25) is 0 Å². The molecule has 0 saturated carbocycles. The summed E-state index contributed by atoms with van der Waals surface area (Å²) in [6.45, 7) is 1.65. The highest BCUT2D eigenvalue weighted by Gasteiger charge is 2.21. The normalized spacial score (nSPS) is 10.1. The summed E-state index contributed by atoms with van der Waals surface area (Å²) in [5.41, 5.74) is -0.982. The van der Waals surface area contributed by atoms with Gasteiger partial charge in [0.15, 0.2) is 11.1 Å². The molecule has 0 fully saturated rings. The number of hydrogen-bond donors (Lipinski definition) is 3. The summed E-state index contributed by atoms with van der Waals surface area (Å²) >= 11 is 0. The predicted octanol–water partition coefficient (Wildman–Crippen LogP) is 1.55. The number of nitrogens with one attached hydrogen (secondary N) is 2. The third-order valence-corrected chi connectivity index (χ3v) is 2.76. The van der Waals surface area contributed by atoms with E-state index in [4.69, 9.17) is 0 Å². The third-order valence-electron chi connectivity index (χ3n) is 2.76. The predicted molar refractivity (Wildman–Crippen MR) is 74.5 cm³/mol. The molecule has 0 atom stereocenters. The molecule has 0 spiro atoms. The number of para-hydroxylation sites is 1. The van der Waals surface area contributed by atoms with Gasteiger partial charge in [-0.15, -0.1) is 0 Å². The number of aromatic hydroxyl groups is 1. The number of phenols is 1. The second-order valence-electron chi connectivity index (χ2n) is 4.28. The highest BCUT2D eigenvalue weighted by molar-refractivity contribution is 6.06. The molecule has 1 aromatic carbocycles. The van der Waals surface area contributed by atoms with Crippen LogP contribution in [0.4, 0.5) is 11.4 Å². The SMILES string of the molecule is Cc1cc(=O)c(C(=O)Nc2c(O)cccc2[N+](=O)[O-])c[nH]1. The number of aryl methyl sites for hydroxylation is 1. The number of pyridine rings is 1. The van der Waals surface area contributed by atoms with Crippen molar-refractivity contribution in [3.63, 3.8) is 0 Å². The molecule has 8 nitrogen and oxygen atoms in total. The van der Waals surface area contributed by atoms with Crippen LogP contribution in [0.3, 0.4) is 0 Å². The Bertz CT molecular complexity index is 782. The van der Waals surface area contributed by atoms with E-state index in [2.05, 4.69) is 10.3 Å². The van der Waals surface area contributed by atoms with Crippen LogP contribution in [0.15, 0.2) is 35.3 Å². The Kier molecular flexibility index (Phi) is 3.70. The highest BCUT2D eigenvalue weighted by atomic mass is 16.6. The molecule has 1 aromatic heterocycles. The number of rotatable bonds is 3. The number of hydrogen-bond acceptors (Lipinski definition) is 5. The number of benzene rings is 1. The van der Waals surface area contributed by atoms with Crippen molar-refractivity contribution in [2.24, 2.45) is 0 Å². The molecule has 0 saturated heterocycles. The quantitative estimate of drug-likeness (QED) is 0.449. The van der Waals surface area contributed by atoms with E-state index in [1.54, 1.807) is 6.92 Å². The van der Waals surface area contributed by atoms with Crippen molar-refractivity contribution in [1.82, 2.24) is 4.98 Å². The van der Waals surface area contributed by atoms with Gasteiger partial charge in [-0.3, -0.25) is 19.7 Å². The number of nitro groups is 1. The fourth-order valence-electron chi connectivity index (χ4n) is 1.74. The molecule has 8 heteroatoms. The van der Waals surface area contributed by atoms with Crippen LogP contribution in [0.5, 0.6) is 5.75 Å². The standard InChI is InChI=1S/C13H11N3O5/c1-7-5-11(18)8(6-14-7)13(19)15-12-9(16(20)21)3-2-4-10(12)17/h2-6,17H,1H3,(H,14,18)(H,15,19). The van der Waals surface area contributed by atoms with E-state index in [9.17, 15) is 24.8 Å². The summed E-state index contributed by atoms with van der Waals surface area (Å²) in [5.74, 6) is -1.30. The molecule has 0 aliphatic rings. The Morgan fingerprint density at radius 1 is 1.43 bits per heavy atom. The van der Waals surface area contributed by atoms with Gasteiger partial charge in [0, 0.05) is 24.0 Å². The summed E-state index contributed by atoms with van der Waals surface area (Å²) in [6, 6.07) is 4.84. The highest BCUT2D eigenvalue weighted by Crippen LogP contribution is 2.33. The Morgan fingerprint density at radius 2 is 2.14 bits per heavy atom. The molecule has 0 bridgehead atoms. The van der Waals surface area contributed by atoms with Gasteiger partial charge in [0.25, 0.3) is 11.6 Å². The maximum Gasteiger partial charge on any atom is 0.296 e. The lowest BCUT2D eigenvalue weighted by Gasteiger charge is -2.07. The van der Waals surface area contributed by atoms with E-state index in [0.29, 0.717) is 5.69 Å². The van der Waals surface area contributed by atoms with Crippen molar-refractivity contribution in [3.05, 3.63) is 62.1 Å². The molecule has 1 amide bonds. The van der Waals surface area contributed by atoms with Crippen LogP contribution in [-0.4, -0.2) is 20.9 Å². The number of carbonyl (C=O) groups is 1. The summed E-state index contributed by atoms with van der Waals surface area (Å²) in [7, 11) is 0. The Morgan fingerprint density at radius 3 is 2.76 bits per heavy atom. The van der Waals surface area contributed by atoms with Gasteiger partial charge in [-0.2, -0.15) is 0 Å². The Hall–Kier alpha value is -3.16. The molecule has 0 unspecified atom stereocenters. The number of nitrogens with zero attached hydrogens (tertiary/aromatic N) is 1. The first kappa shape index (κ1) is 14.3. The van der Waals surface area contributed by atoms with Gasteiger partial charge in [-0.25, -0.2) is 0 Å². The minimum Gasteiger partial charge on any atom is -0.505 e. The van der Waals surface area contributed by atoms with Crippen molar-refractivity contribution in [2.75, 3.05) is 5.32 Å². The fraction of sp³-hybridized carbons (Fsp3) is 0.0769. The van der Waals surface area contributed by atoms with Crippen molar-refractivity contribution in [3.8, 4) is 5.75 Å². The summed E-state index contributed by atoms with van der Waals surface area (Å²) in [4.78, 5) is 36.5. The number of aromatic amines is 1. The lowest BCUT2D eigenvalue weighted by Crippen LogP contribution is -2.22. The molecule has 0 aliphatic carbocycles. The first-order valence-electron chi connectivity index (χ1n) is 5.87. The van der Waals surface area contributed by atoms with Crippen LogP contribution in [0.25, 0.3) is 0 Å². The first-order chi connectivity index (χ1) is 9.90. The Balaban J connectivity index is 2.41. The van der Waals surface area contributed by atoms with Crippen molar-refractivity contribution in [1.29, 1.82) is 0 Å². The number of H-pyrrole nitrogens is 1. The average molecular weight is 289 g/mol. The second-order valence-corrected chi connectivity index (χ2v) is 4.28. The van der Waals surface area contributed by atoms with Crippen LogP contribution >= 0.6 is 0 Å². The topological polar surface area (TPSA) is 125 Å². The van der Waals surface area contributed by atoms with Crippen LogP contribution < -0.4 is 10.7 Å². The molecule has 108 valence electrons. The molecular weight excluding hydrogens is 278 g/mol. The number of phenolic OH excluding ortho intramolecular Hbond substituents is 1. The van der Waals surface area contributed by atoms with Crippen molar-refractivity contribution >= 4 is 17.3 Å². The molecule has 0 aliphatic heterocycles. The van der Waals surface area contributed by atoms with Crippen LogP contribution in [0, 0.1) is 17.0 Å². The lowest BCUT2D eigenvalue weighted by atomic mass is 10.2. The van der Waals surface area contributed by atoms with Crippen molar-refractivity contribution in [2.45, 2.75) is 6.92 Å². The maximum absolute atomic E-state index is 12.0. The third kappa shape index (κ3) is 2.89. The van der Waals surface area contributed by atoms with Gasteiger partial charge in [0.05, 0.1) is 4.92 Å². The van der Waals surface area contributed by atoms with E-state index in [1.807, 2.05) is 0 Å². The molecule has 3 N–H and O–H groups in total. The van der Waals surface area contributed by atoms with Gasteiger partial charge < -0.3 is 15.4 Å². The molecule has 2 aromatic rings. The van der Waals surface area contributed by atoms with E-state index in [-0.39, 0.29) is 11.3 Å². The average Bonchev–Trinajstić information content (AvgIpc) is 2.40. The fourth-order valence-corrected chi connectivity index (χ4v) is 1.74. The number of amides is 1. The van der Waals surface area contributed by atoms with Gasteiger partial charge >= 0.3 is 0 Å². The molecule has 1 heterocycles. The van der Waals surface area contributed by atoms with E-state index >= 15 is 0 Å². The van der Waals surface area contributed by atoms with Gasteiger partial charge in [0.1, 0.15) is 11.3 Å². The minimum absolute atomic E-state index is 0.210. The number of nitro benzene ring substituents is 1.